The van der Waals surface area contributed by atoms with Gasteiger partial charge in [-0.3, -0.25) is 14.9 Å². The number of alkyl halides is 4. The highest BCUT2D eigenvalue weighted by Gasteiger charge is 2.33. The Morgan fingerprint density at radius 3 is 2.62 bits per heavy atom. The number of fused-ring (bicyclic) bond motifs is 1. The molecule has 2 heterocycles. The second-order valence-corrected chi connectivity index (χ2v) is 7.81. The van der Waals surface area contributed by atoms with E-state index in [1.165, 1.54) is 0 Å². The van der Waals surface area contributed by atoms with Crippen LogP contribution in [0.1, 0.15) is 16.2 Å². The maximum absolute atomic E-state index is 13.8. The topological polar surface area (TPSA) is 97.4 Å². The van der Waals surface area contributed by atoms with Crippen LogP contribution in [0.4, 0.5) is 22.4 Å². The van der Waals surface area contributed by atoms with Crippen LogP contribution in [0.15, 0.2) is 34.9 Å². The maximum atomic E-state index is 13.8. The summed E-state index contributed by atoms with van der Waals surface area (Å²) < 4.78 is 54.5. The zero-order valence-electron chi connectivity index (χ0n) is 14.2. The van der Waals surface area contributed by atoms with Crippen LogP contribution < -0.4 is 10.6 Å². The second kappa shape index (κ2) is 8.37. The van der Waals surface area contributed by atoms with Crippen molar-refractivity contribution in [3.05, 3.63) is 39.9 Å². The molecule has 3 amide bonds. The number of para-hydroxylation sites is 1. The van der Waals surface area contributed by atoms with Crippen molar-refractivity contribution in [2.45, 2.75) is 18.1 Å². The molecule has 29 heavy (non-hydrogen) atoms. The molecule has 1 aliphatic rings. The Hall–Kier alpha value is -2.67. The normalized spacial score (nSPS) is 16.8. The van der Waals surface area contributed by atoms with Gasteiger partial charge in [0.25, 0.3) is 11.8 Å². The van der Waals surface area contributed by atoms with Gasteiger partial charge in [-0.25, -0.2) is 14.2 Å². The van der Waals surface area contributed by atoms with Crippen molar-refractivity contribution in [1.29, 1.82) is 0 Å². The van der Waals surface area contributed by atoms with Gasteiger partial charge in [-0.05, 0) is 12.1 Å². The summed E-state index contributed by atoms with van der Waals surface area (Å²) in [4.78, 5) is 40.0. The molecule has 2 aromatic rings. The number of aromatic nitrogens is 1. The first kappa shape index (κ1) is 21.0. The van der Waals surface area contributed by atoms with Crippen LogP contribution in [-0.2, 0) is 9.53 Å². The maximum Gasteiger partial charge on any atom is 0.422 e. The molecule has 0 fully saturated rings. The number of carbonyl (C=O) groups is 3. The first-order valence-corrected chi connectivity index (χ1v) is 9.57. The van der Waals surface area contributed by atoms with E-state index >= 15 is 0 Å². The summed E-state index contributed by atoms with van der Waals surface area (Å²) in [5, 5.41) is 3.87. The number of amides is 3. The molecule has 13 heteroatoms. The van der Waals surface area contributed by atoms with Crippen LogP contribution in [0.25, 0.3) is 10.2 Å². The molecule has 3 rings (SSSR count). The van der Waals surface area contributed by atoms with Crippen molar-refractivity contribution < 1.29 is 36.7 Å². The standard InChI is InChI=1S/C16H11F4N3O4S2/c17-10-5-7(11(24)23-15(26)27-6-16(18,19)20)13(29-10)22-12(25)14-21-8-3-1-2-4-9(8)28-14/h1-4,10H,5-6H2,(H,22,25)(H,23,24,26). The fourth-order valence-corrected chi connectivity index (χ4v) is 4.11. The van der Waals surface area contributed by atoms with E-state index < -0.39 is 42.6 Å². The summed E-state index contributed by atoms with van der Waals surface area (Å²) in [5.74, 6) is -1.85. The van der Waals surface area contributed by atoms with E-state index in [1.54, 1.807) is 29.6 Å². The van der Waals surface area contributed by atoms with Gasteiger partial charge in [-0.1, -0.05) is 23.9 Å². The smallest absolute Gasteiger partial charge is 0.422 e. The van der Waals surface area contributed by atoms with Crippen LogP contribution in [0.5, 0.6) is 0 Å². The SMILES string of the molecule is O=C(NC(=O)C1=C(NC(=O)c2nc3ccccc3s2)SC(F)C1)OCC(F)(F)F. The third kappa shape index (κ3) is 5.44. The van der Waals surface area contributed by atoms with Crippen molar-refractivity contribution in [3.63, 3.8) is 0 Å². The Morgan fingerprint density at radius 1 is 1.21 bits per heavy atom. The molecule has 1 aromatic heterocycles. The monoisotopic (exact) mass is 449 g/mol. The Balaban J connectivity index is 1.70. The summed E-state index contributed by atoms with van der Waals surface area (Å²) in [7, 11) is 0. The Morgan fingerprint density at radius 2 is 1.93 bits per heavy atom. The molecule has 154 valence electrons. The fourth-order valence-electron chi connectivity index (χ4n) is 2.27. The number of carbonyl (C=O) groups excluding carboxylic acids is 3. The lowest BCUT2D eigenvalue weighted by Crippen LogP contribution is -2.35. The number of hydrogen-bond donors (Lipinski definition) is 2. The van der Waals surface area contributed by atoms with E-state index in [0.29, 0.717) is 17.3 Å². The number of rotatable bonds is 4. The van der Waals surface area contributed by atoms with E-state index in [4.69, 9.17) is 0 Å². The van der Waals surface area contributed by atoms with Gasteiger partial charge in [0.2, 0.25) is 0 Å². The Kier molecular flexibility index (Phi) is 6.07. The number of nitrogens with one attached hydrogen (secondary N) is 2. The minimum Gasteiger partial charge on any atom is -0.440 e. The number of benzene rings is 1. The van der Waals surface area contributed by atoms with Gasteiger partial charge >= 0.3 is 12.3 Å². The molecule has 1 aromatic carbocycles. The fraction of sp³-hybridized carbons (Fsp3) is 0.250. The summed E-state index contributed by atoms with van der Waals surface area (Å²) >= 11 is 1.63. The number of thiazole rings is 1. The lowest BCUT2D eigenvalue weighted by Gasteiger charge is -2.09. The van der Waals surface area contributed by atoms with Gasteiger partial charge in [-0.15, -0.1) is 11.3 Å². The zero-order chi connectivity index (χ0) is 21.2. The third-order valence-electron chi connectivity index (χ3n) is 3.46. The molecule has 1 unspecified atom stereocenters. The molecule has 0 spiro atoms. The predicted octanol–water partition coefficient (Wildman–Crippen LogP) is 3.49. The molecule has 0 saturated heterocycles. The molecule has 0 aliphatic carbocycles. The molecule has 0 radical (unpaired) electrons. The van der Waals surface area contributed by atoms with Crippen molar-refractivity contribution in [2.75, 3.05) is 6.61 Å². The van der Waals surface area contributed by atoms with Gasteiger partial charge in [-0.2, -0.15) is 13.2 Å². The number of hydrogen-bond acceptors (Lipinski definition) is 7. The highest BCUT2D eigenvalue weighted by atomic mass is 32.2. The Bertz CT molecular complexity index is 972. The number of halogens is 4. The van der Waals surface area contributed by atoms with Gasteiger partial charge in [0, 0.05) is 6.42 Å². The zero-order valence-corrected chi connectivity index (χ0v) is 15.8. The number of imide groups is 1. The minimum absolute atomic E-state index is 0.0750. The van der Waals surface area contributed by atoms with Gasteiger partial charge in [0.05, 0.1) is 20.8 Å². The van der Waals surface area contributed by atoms with Crippen molar-refractivity contribution in [1.82, 2.24) is 15.6 Å². The largest absolute Gasteiger partial charge is 0.440 e. The predicted molar refractivity (Wildman–Crippen MR) is 96.8 cm³/mol. The van der Waals surface area contributed by atoms with Crippen LogP contribution in [0.3, 0.4) is 0 Å². The Labute approximate surface area is 168 Å². The summed E-state index contributed by atoms with van der Waals surface area (Å²) in [6.07, 6.45) is -6.84. The van der Waals surface area contributed by atoms with Crippen molar-refractivity contribution in [3.8, 4) is 0 Å². The van der Waals surface area contributed by atoms with E-state index in [9.17, 15) is 31.9 Å². The third-order valence-corrected chi connectivity index (χ3v) is 5.50. The molecular formula is C16H11F4N3O4S2. The van der Waals surface area contributed by atoms with E-state index in [1.807, 2.05) is 0 Å². The first-order chi connectivity index (χ1) is 13.6. The lowest BCUT2D eigenvalue weighted by atomic mass is 10.2. The van der Waals surface area contributed by atoms with Crippen molar-refractivity contribution in [2.24, 2.45) is 0 Å². The molecule has 1 atom stereocenters. The number of thioether (sulfide) groups is 1. The molecule has 0 bridgehead atoms. The highest BCUT2D eigenvalue weighted by molar-refractivity contribution is 8.03. The number of alkyl carbamates (subject to hydrolysis) is 1. The summed E-state index contributed by atoms with van der Waals surface area (Å²) in [6.45, 7) is -1.88. The molecule has 0 saturated carbocycles. The van der Waals surface area contributed by atoms with Gasteiger partial charge < -0.3 is 10.1 Å². The molecular weight excluding hydrogens is 438 g/mol. The van der Waals surface area contributed by atoms with E-state index in [0.717, 1.165) is 16.0 Å². The number of ether oxygens (including phenoxy) is 1. The van der Waals surface area contributed by atoms with Crippen LogP contribution in [0.2, 0.25) is 0 Å². The molecule has 7 nitrogen and oxygen atoms in total. The van der Waals surface area contributed by atoms with E-state index in [2.05, 4.69) is 15.0 Å². The molecule has 2 N–H and O–H groups in total. The van der Waals surface area contributed by atoms with E-state index in [-0.39, 0.29) is 15.6 Å². The van der Waals surface area contributed by atoms with Crippen molar-refractivity contribution >= 4 is 51.2 Å². The van der Waals surface area contributed by atoms with Crippen LogP contribution in [-0.4, -0.2) is 41.2 Å². The van der Waals surface area contributed by atoms with Crippen LogP contribution >= 0.6 is 23.1 Å². The highest BCUT2D eigenvalue weighted by Crippen LogP contribution is 2.37. The average Bonchev–Trinajstić information content (AvgIpc) is 3.22. The number of nitrogens with zero attached hydrogens (tertiary/aromatic N) is 1. The van der Waals surface area contributed by atoms with Gasteiger partial charge in [0.15, 0.2) is 17.1 Å². The minimum atomic E-state index is -4.76. The average molecular weight is 449 g/mol. The van der Waals surface area contributed by atoms with Gasteiger partial charge in [0.1, 0.15) is 0 Å². The first-order valence-electron chi connectivity index (χ1n) is 7.88. The lowest BCUT2D eigenvalue weighted by molar-refractivity contribution is -0.160. The molecule has 1 aliphatic heterocycles. The van der Waals surface area contributed by atoms with Crippen LogP contribution in [0, 0.1) is 0 Å². The second-order valence-electron chi connectivity index (χ2n) is 5.63. The summed E-state index contributed by atoms with van der Waals surface area (Å²) in [6, 6.07) is 6.98. The quantitative estimate of drug-likeness (QED) is 0.694. The summed E-state index contributed by atoms with van der Waals surface area (Å²) in [5.41, 5.74) is -1.28.